The summed E-state index contributed by atoms with van der Waals surface area (Å²) in [7, 11) is 0. The zero-order chi connectivity index (χ0) is 13.4. The maximum Gasteiger partial charge on any atom is 0.240 e. The largest absolute Gasteiger partial charge is 0.352 e. The summed E-state index contributed by atoms with van der Waals surface area (Å²) in [5.41, 5.74) is 1.97. The molecule has 19 heavy (non-hydrogen) atoms. The number of hydrogen-bond donors (Lipinski definition) is 1. The Morgan fingerprint density at radius 2 is 2.21 bits per heavy atom. The van der Waals surface area contributed by atoms with Gasteiger partial charge in [-0.15, -0.1) is 0 Å². The van der Waals surface area contributed by atoms with Gasteiger partial charge in [0.15, 0.2) is 0 Å². The van der Waals surface area contributed by atoms with Crippen molar-refractivity contribution in [3.8, 4) is 0 Å². The molecule has 0 aliphatic heterocycles. The molecule has 1 aromatic carbocycles. The lowest BCUT2D eigenvalue weighted by Gasteiger charge is -2.14. The van der Waals surface area contributed by atoms with Crippen LogP contribution in [-0.4, -0.2) is 21.5 Å². The second kappa shape index (κ2) is 4.68. The molecule has 0 spiro atoms. The van der Waals surface area contributed by atoms with Crippen LogP contribution in [0.5, 0.6) is 0 Å². The van der Waals surface area contributed by atoms with Gasteiger partial charge in [-0.1, -0.05) is 12.1 Å². The minimum Gasteiger partial charge on any atom is -0.352 e. The Balaban J connectivity index is 1.76. The van der Waals surface area contributed by atoms with Crippen LogP contribution in [0.1, 0.15) is 25.6 Å². The van der Waals surface area contributed by atoms with Crippen LogP contribution in [0.2, 0.25) is 0 Å². The molecule has 3 rings (SSSR count). The summed E-state index contributed by atoms with van der Waals surface area (Å²) in [5.74, 6) is 1.64. The monoisotopic (exact) mass is 257 g/mol. The average molecular weight is 257 g/mol. The molecule has 0 bridgehead atoms. The molecule has 1 saturated carbocycles. The second-order valence-corrected chi connectivity index (χ2v) is 5.43. The third-order valence-electron chi connectivity index (χ3n) is 3.86. The highest BCUT2D eigenvalue weighted by molar-refractivity contribution is 5.81. The summed E-state index contributed by atoms with van der Waals surface area (Å²) >= 11 is 0. The lowest BCUT2D eigenvalue weighted by Crippen LogP contribution is -2.36. The average Bonchev–Trinajstić information content (AvgIpc) is 3.17. The number of hydrogen-bond acceptors (Lipinski definition) is 2. The van der Waals surface area contributed by atoms with Crippen LogP contribution in [0.15, 0.2) is 24.3 Å². The Labute approximate surface area is 112 Å². The molecule has 1 fully saturated rings. The number of benzene rings is 1. The van der Waals surface area contributed by atoms with E-state index in [1.165, 1.54) is 12.8 Å². The fourth-order valence-corrected chi connectivity index (χ4v) is 2.55. The van der Waals surface area contributed by atoms with Gasteiger partial charge in [-0.25, -0.2) is 4.98 Å². The van der Waals surface area contributed by atoms with E-state index in [1.807, 2.05) is 35.8 Å². The number of imidazole rings is 1. The highest BCUT2D eigenvalue weighted by Gasteiger charge is 2.28. The zero-order valence-electron chi connectivity index (χ0n) is 11.4. The molecule has 1 amide bonds. The third-order valence-corrected chi connectivity index (χ3v) is 3.86. The Kier molecular flexibility index (Phi) is 3.01. The van der Waals surface area contributed by atoms with Gasteiger partial charge in [0.2, 0.25) is 5.91 Å². The molecule has 0 saturated heterocycles. The summed E-state index contributed by atoms with van der Waals surface area (Å²) in [6, 6.07) is 8.22. The lowest BCUT2D eigenvalue weighted by atomic mass is 10.2. The van der Waals surface area contributed by atoms with Gasteiger partial charge in [0.25, 0.3) is 0 Å². The van der Waals surface area contributed by atoms with Crippen LogP contribution in [0.4, 0.5) is 0 Å². The van der Waals surface area contributed by atoms with Crippen molar-refractivity contribution in [2.75, 3.05) is 0 Å². The molecule has 4 heteroatoms. The number of rotatable bonds is 4. The minimum atomic E-state index is 0.0747. The molecule has 100 valence electrons. The number of carbonyl (C=O) groups is 1. The van der Waals surface area contributed by atoms with Crippen molar-refractivity contribution in [2.24, 2.45) is 5.92 Å². The van der Waals surface area contributed by atoms with Crippen molar-refractivity contribution >= 4 is 16.9 Å². The summed E-state index contributed by atoms with van der Waals surface area (Å²) in [5, 5.41) is 3.08. The molecular weight excluding hydrogens is 238 g/mol. The fraction of sp³-hybridized carbons (Fsp3) is 0.467. The first-order chi connectivity index (χ1) is 9.15. The minimum absolute atomic E-state index is 0.0747. The molecular formula is C15H19N3O. The van der Waals surface area contributed by atoms with Crippen molar-refractivity contribution in [1.82, 2.24) is 14.9 Å². The van der Waals surface area contributed by atoms with E-state index in [1.54, 1.807) is 0 Å². The number of para-hydroxylation sites is 2. The number of aryl methyl sites for hydroxylation is 1. The number of amides is 1. The number of nitrogens with one attached hydrogen (secondary N) is 1. The molecule has 1 aromatic heterocycles. The SMILES string of the molecule is Cc1nc2ccccc2n1CC(=O)N[C@H](C)C1CC1. The molecule has 0 radical (unpaired) electrons. The van der Waals surface area contributed by atoms with Gasteiger partial charge in [-0.3, -0.25) is 4.79 Å². The van der Waals surface area contributed by atoms with Gasteiger partial charge in [0.05, 0.1) is 11.0 Å². The van der Waals surface area contributed by atoms with Crippen LogP contribution in [0.25, 0.3) is 11.0 Å². The van der Waals surface area contributed by atoms with E-state index in [0.29, 0.717) is 18.5 Å². The number of nitrogens with zero attached hydrogens (tertiary/aromatic N) is 2. The molecule has 1 aliphatic carbocycles. The van der Waals surface area contributed by atoms with Crippen LogP contribution >= 0.6 is 0 Å². The predicted molar refractivity (Wildman–Crippen MR) is 74.8 cm³/mol. The Hall–Kier alpha value is -1.84. The van der Waals surface area contributed by atoms with Gasteiger partial charge in [-0.2, -0.15) is 0 Å². The number of fused-ring (bicyclic) bond motifs is 1. The maximum absolute atomic E-state index is 12.1. The van der Waals surface area contributed by atoms with Gasteiger partial charge in [-0.05, 0) is 44.7 Å². The quantitative estimate of drug-likeness (QED) is 0.913. The summed E-state index contributed by atoms with van der Waals surface area (Å²) < 4.78 is 1.98. The predicted octanol–water partition coefficient (Wildman–Crippen LogP) is 2.26. The summed E-state index contributed by atoms with van der Waals surface area (Å²) in [4.78, 5) is 16.6. The smallest absolute Gasteiger partial charge is 0.240 e. The van der Waals surface area contributed by atoms with E-state index >= 15 is 0 Å². The van der Waals surface area contributed by atoms with Crippen molar-refractivity contribution in [2.45, 2.75) is 39.3 Å². The molecule has 1 atom stereocenters. The van der Waals surface area contributed by atoms with E-state index in [-0.39, 0.29) is 5.91 Å². The topological polar surface area (TPSA) is 46.9 Å². The molecule has 1 N–H and O–H groups in total. The summed E-state index contributed by atoms with van der Waals surface area (Å²) in [6.45, 7) is 4.38. The van der Waals surface area contributed by atoms with Crippen LogP contribution in [0, 0.1) is 12.8 Å². The lowest BCUT2D eigenvalue weighted by molar-refractivity contribution is -0.122. The molecule has 0 unspecified atom stereocenters. The van der Waals surface area contributed by atoms with E-state index in [9.17, 15) is 4.79 Å². The van der Waals surface area contributed by atoms with Crippen LogP contribution < -0.4 is 5.32 Å². The Bertz CT molecular complexity index is 613. The van der Waals surface area contributed by atoms with Gasteiger partial charge in [0.1, 0.15) is 12.4 Å². The first kappa shape index (κ1) is 12.2. The number of carbonyl (C=O) groups excluding carboxylic acids is 1. The molecule has 1 aliphatic rings. The molecule has 4 nitrogen and oxygen atoms in total. The zero-order valence-corrected chi connectivity index (χ0v) is 11.4. The summed E-state index contributed by atoms with van der Waals surface area (Å²) in [6.07, 6.45) is 2.49. The van der Waals surface area contributed by atoms with E-state index in [2.05, 4.69) is 17.2 Å². The van der Waals surface area contributed by atoms with Crippen molar-refractivity contribution in [3.63, 3.8) is 0 Å². The van der Waals surface area contributed by atoms with Crippen LogP contribution in [0.3, 0.4) is 0 Å². The Morgan fingerprint density at radius 3 is 2.95 bits per heavy atom. The van der Waals surface area contributed by atoms with Gasteiger partial charge < -0.3 is 9.88 Å². The number of aromatic nitrogens is 2. The fourth-order valence-electron chi connectivity index (χ4n) is 2.55. The van der Waals surface area contributed by atoms with Crippen LogP contribution in [-0.2, 0) is 11.3 Å². The highest BCUT2D eigenvalue weighted by Crippen LogP contribution is 2.32. The standard InChI is InChI=1S/C15H19N3O/c1-10(12-7-8-12)16-15(19)9-18-11(2)17-13-5-3-4-6-14(13)18/h3-6,10,12H,7-9H2,1-2H3,(H,16,19)/t10-/m1/s1. The van der Waals surface area contributed by atoms with E-state index in [0.717, 1.165) is 16.9 Å². The maximum atomic E-state index is 12.1. The van der Waals surface area contributed by atoms with E-state index in [4.69, 9.17) is 0 Å². The second-order valence-electron chi connectivity index (χ2n) is 5.43. The van der Waals surface area contributed by atoms with Crippen molar-refractivity contribution < 1.29 is 4.79 Å². The Morgan fingerprint density at radius 1 is 1.47 bits per heavy atom. The third kappa shape index (κ3) is 2.48. The highest BCUT2D eigenvalue weighted by atomic mass is 16.2. The molecule has 1 heterocycles. The molecule has 2 aromatic rings. The first-order valence-electron chi connectivity index (χ1n) is 6.86. The normalized spacial score (nSPS) is 16.5. The van der Waals surface area contributed by atoms with E-state index < -0.39 is 0 Å². The van der Waals surface area contributed by atoms with Gasteiger partial charge >= 0.3 is 0 Å². The van der Waals surface area contributed by atoms with Crippen molar-refractivity contribution in [3.05, 3.63) is 30.1 Å². The first-order valence-corrected chi connectivity index (χ1v) is 6.86. The van der Waals surface area contributed by atoms with Gasteiger partial charge in [0, 0.05) is 6.04 Å². The van der Waals surface area contributed by atoms with Crippen molar-refractivity contribution in [1.29, 1.82) is 0 Å².